The van der Waals surface area contributed by atoms with Gasteiger partial charge in [0.05, 0.1) is 11.7 Å². The molecule has 2 aliphatic heterocycles. The molecular weight excluding hydrogens is 318 g/mol. The average Bonchev–Trinajstić information content (AvgIpc) is 2.50. The van der Waals surface area contributed by atoms with Crippen molar-refractivity contribution in [2.24, 2.45) is 5.92 Å². The molecule has 1 aromatic heterocycles. The van der Waals surface area contributed by atoms with Gasteiger partial charge in [-0.2, -0.15) is 0 Å². The third-order valence-electron chi connectivity index (χ3n) is 4.30. The Labute approximate surface area is 129 Å². The van der Waals surface area contributed by atoms with Gasteiger partial charge in [0.25, 0.3) is 0 Å². The maximum absolute atomic E-state index is 5.54. The van der Waals surface area contributed by atoms with E-state index in [-0.39, 0.29) is 0 Å². The summed E-state index contributed by atoms with van der Waals surface area (Å²) in [6.07, 6.45) is 2.28. The Hall–Kier alpha value is -0.490. The van der Waals surface area contributed by atoms with Gasteiger partial charge in [0, 0.05) is 39.4 Å². The van der Waals surface area contributed by atoms with Crippen LogP contribution in [0.4, 0.5) is 0 Å². The summed E-state index contributed by atoms with van der Waals surface area (Å²) in [6, 6.07) is 6.70. The predicted molar refractivity (Wildman–Crippen MR) is 82.7 cm³/mol. The van der Waals surface area contributed by atoms with Crippen molar-refractivity contribution >= 4 is 15.9 Å². The van der Waals surface area contributed by atoms with Crippen molar-refractivity contribution in [3.05, 3.63) is 28.5 Å². The Kier molecular flexibility index (Phi) is 5.04. The van der Waals surface area contributed by atoms with E-state index in [9.17, 15) is 0 Å². The summed E-state index contributed by atoms with van der Waals surface area (Å²) < 4.78 is 6.47. The number of aromatic nitrogens is 1. The molecule has 0 radical (unpaired) electrons. The monoisotopic (exact) mass is 339 g/mol. The van der Waals surface area contributed by atoms with Crippen LogP contribution in [-0.4, -0.2) is 49.3 Å². The van der Waals surface area contributed by atoms with E-state index in [0.717, 1.165) is 56.8 Å². The summed E-state index contributed by atoms with van der Waals surface area (Å²) in [4.78, 5) is 7.34. The van der Waals surface area contributed by atoms with E-state index in [0.29, 0.717) is 12.0 Å². The molecule has 3 rings (SSSR count). The quantitative estimate of drug-likeness (QED) is 0.857. The van der Waals surface area contributed by atoms with Gasteiger partial charge in [-0.3, -0.25) is 4.90 Å². The minimum atomic E-state index is 0.429. The predicted octanol–water partition coefficient (Wildman–Crippen LogP) is 2.22. The number of nitrogens with one attached hydrogen (secondary N) is 1. The van der Waals surface area contributed by atoms with Gasteiger partial charge in [0.2, 0.25) is 0 Å². The highest BCUT2D eigenvalue weighted by Gasteiger charge is 2.32. The lowest BCUT2D eigenvalue weighted by Gasteiger charge is -2.40. The van der Waals surface area contributed by atoms with Crippen molar-refractivity contribution in [1.29, 1.82) is 0 Å². The topological polar surface area (TPSA) is 37.4 Å². The minimum Gasteiger partial charge on any atom is -0.381 e. The molecule has 2 aliphatic rings. The summed E-state index contributed by atoms with van der Waals surface area (Å²) in [5.41, 5.74) is 1.20. The van der Waals surface area contributed by atoms with Crippen LogP contribution in [0.5, 0.6) is 0 Å². The molecule has 1 N–H and O–H groups in total. The van der Waals surface area contributed by atoms with Gasteiger partial charge >= 0.3 is 0 Å². The standard InChI is InChI=1S/C15H22BrN3O/c16-14-3-1-2-13(18-14)15(12-4-10-20-11-5-12)19-8-6-17-7-9-19/h1-3,12,15,17H,4-11H2/t15-/m0/s1. The first kappa shape index (κ1) is 14.4. The molecular formula is C15H22BrN3O. The highest BCUT2D eigenvalue weighted by Crippen LogP contribution is 2.34. The lowest BCUT2D eigenvalue weighted by molar-refractivity contribution is 0.0200. The van der Waals surface area contributed by atoms with Gasteiger partial charge in [-0.05, 0) is 46.8 Å². The maximum Gasteiger partial charge on any atom is 0.106 e. The van der Waals surface area contributed by atoms with E-state index in [4.69, 9.17) is 9.72 Å². The van der Waals surface area contributed by atoms with E-state index in [1.54, 1.807) is 0 Å². The van der Waals surface area contributed by atoms with Crippen LogP contribution in [0.3, 0.4) is 0 Å². The molecule has 1 atom stereocenters. The highest BCUT2D eigenvalue weighted by molar-refractivity contribution is 9.10. The van der Waals surface area contributed by atoms with Gasteiger partial charge in [0.15, 0.2) is 0 Å². The molecule has 0 spiro atoms. The molecule has 0 aliphatic carbocycles. The summed E-state index contributed by atoms with van der Waals surface area (Å²) >= 11 is 3.51. The van der Waals surface area contributed by atoms with Gasteiger partial charge in [0.1, 0.15) is 4.60 Å². The molecule has 0 aromatic carbocycles. The van der Waals surface area contributed by atoms with Crippen molar-refractivity contribution in [3.8, 4) is 0 Å². The fraction of sp³-hybridized carbons (Fsp3) is 0.667. The molecule has 4 nitrogen and oxygen atoms in total. The molecule has 110 valence electrons. The number of rotatable bonds is 3. The molecule has 20 heavy (non-hydrogen) atoms. The second-order valence-electron chi connectivity index (χ2n) is 5.57. The van der Waals surface area contributed by atoms with Crippen molar-refractivity contribution < 1.29 is 4.74 Å². The Morgan fingerprint density at radius 1 is 1.25 bits per heavy atom. The van der Waals surface area contributed by atoms with Crippen molar-refractivity contribution in [2.45, 2.75) is 18.9 Å². The maximum atomic E-state index is 5.54. The molecule has 0 amide bonds. The third kappa shape index (κ3) is 3.39. The van der Waals surface area contributed by atoms with Crippen LogP contribution in [0.15, 0.2) is 22.8 Å². The lowest BCUT2D eigenvalue weighted by atomic mass is 9.88. The Morgan fingerprint density at radius 3 is 2.70 bits per heavy atom. The molecule has 1 aromatic rings. The smallest absolute Gasteiger partial charge is 0.106 e. The zero-order chi connectivity index (χ0) is 13.8. The van der Waals surface area contributed by atoms with Crippen LogP contribution in [0.1, 0.15) is 24.6 Å². The number of pyridine rings is 1. The fourth-order valence-electron chi connectivity index (χ4n) is 3.31. The summed E-state index contributed by atoms with van der Waals surface area (Å²) in [5.74, 6) is 0.656. The molecule has 2 fully saturated rings. The lowest BCUT2D eigenvalue weighted by Crippen LogP contribution is -2.47. The number of hydrogen-bond donors (Lipinski definition) is 1. The van der Waals surface area contributed by atoms with E-state index < -0.39 is 0 Å². The molecule has 0 unspecified atom stereocenters. The number of halogens is 1. The molecule has 0 bridgehead atoms. The van der Waals surface area contributed by atoms with Crippen LogP contribution < -0.4 is 5.32 Å². The van der Waals surface area contributed by atoms with Gasteiger partial charge in [-0.25, -0.2) is 4.98 Å². The average molecular weight is 340 g/mol. The van der Waals surface area contributed by atoms with Gasteiger partial charge in [-0.15, -0.1) is 0 Å². The van der Waals surface area contributed by atoms with Crippen molar-refractivity contribution in [3.63, 3.8) is 0 Å². The molecule has 5 heteroatoms. The summed E-state index contributed by atoms with van der Waals surface area (Å²) in [5, 5.41) is 3.44. The number of ether oxygens (including phenoxy) is 1. The van der Waals surface area contributed by atoms with Crippen LogP contribution in [0, 0.1) is 5.92 Å². The highest BCUT2D eigenvalue weighted by atomic mass is 79.9. The molecule has 0 saturated carbocycles. The largest absolute Gasteiger partial charge is 0.381 e. The normalized spacial score (nSPS) is 23.6. The van der Waals surface area contributed by atoms with E-state index in [1.165, 1.54) is 5.69 Å². The van der Waals surface area contributed by atoms with Gasteiger partial charge in [-0.1, -0.05) is 6.07 Å². The minimum absolute atomic E-state index is 0.429. The second kappa shape index (κ2) is 6.98. The zero-order valence-electron chi connectivity index (χ0n) is 11.7. The second-order valence-corrected chi connectivity index (χ2v) is 6.38. The Balaban J connectivity index is 1.85. The van der Waals surface area contributed by atoms with Crippen LogP contribution >= 0.6 is 15.9 Å². The number of piperazine rings is 1. The summed E-state index contributed by atoms with van der Waals surface area (Å²) in [6.45, 7) is 6.15. The number of hydrogen-bond acceptors (Lipinski definition) is 4. The first-order valence-corrected chi connectivity index (χ1v) is 8.29. The SMILES string of the molecule is Brc1cccc([C@H](C2CCOCC2)N2CCNCC2)n1. The molecule has 3 heterocycles. The Morgan fingerprint density at radius 2 is 2.00 bits per heavy atom. The van der Waals surface area contributed by atoms with E-state index in [1.807, 2.05) is 6.07 Å². The van der Waals surface area contributed by atoms with Crippen LogP contribution in [0.2, 0.25) is 0 Å². The van der Waals surface area contributed by atoms with Crippen LogP contribution in [0.25, 0.3) is 0 Å². The zero-order valence-corrected chi connectivity index (χ0v) is 13.3. The third-order valence-corrected chi connectivity index (χ3v) is 4.74. The van der Waals surface area contributed by atoms with E-state index in [2.05, 4.69) is 38.3 Å². The van der Waals surface area contributed by atoms with Crippen LogP contribution in [-0.2, 0) is 4.74 Å². The fourth-order valence-corrected chi connectivity index (χ4v) is 3.66. The first-order chi connectivity index (χ1) is 9.84. The van der Waals surface area contributed by atoms with Crippen molar-refractivity contribution in [1.82, 2.24) is 15.2 Å². The summed E-state index contributed by atoms with van der Waals surface area (Å²) in [7, 11) is 0. The first-order valence-electron chi connectivity index (χ1n) is 7.49. The molecule has 2 saturated heterocycles. The van der Waals surface area contributed by atoms with Crippen molar-refractivity contribution in [2.75, 3.05) is 39.4 Å². The number of nitrogens with zero attached hydrogens (tertiary/aromatic N) is 2. The van der Waals surface area contributed by atoms with E-state index >= 15 is 0 Å². The Bertz CT molecular complexity index is 413. The van der Waals surface area contributed by atoms with Gasteiger partial charge < -0.3 is 10.1 Å².